The van der Waals surface area contributed by atoms with Crippen LogP contribution in [0, 0.1) is 11.7 Å². The summed E-state index contributed by atoms with van der Waals surface area (Å²) in [7, 11) is 1.76. The third-order valence-corrected chi connectivity index (χ3v) is 3.08. The number of aromatic nitrogens is 2. The molecule has 0 aliphatic heterocycles. The Hall–Kier alpha value is -2.04. The molecule has 2 aromatic rings. The van der Waals surface area contributed by atoms with E-state index in [0.29, 0.717) is 18.0 Å². The van der Waals surface area contributed by atoms with Crippen LogP contribution in [0.3, 0.4) is 0 Å². The average Bonchev–Trinajstić information content (AvgIpc) is 2.53. The van der Waals surface area contributed by atoms with Crippen molar-refractivity contribution < 1.29 is 4.39 Å². The van der Waals surface area contributed by atoms with E-state index in [1.807, 2.05) is 0 Å². The predicted octanol–water partition coefficient (Wildman–Crippen LogP) is 2.10. The molecule has 0 aliphatic carbocycles. The van der Waals surface area contributed by atoms with E-state index in [1.165, 1.54) is 16.8 Å². The number of nitrogens with two attached hydrogens (primary N) is 1. The van der Waals surface area contributed by atoms with Crippen LogP contribution >= 0.6 is 0 Å². The second-order valence-corrected chi connectivity index (χ2v) is 5.08. The Balaban J connectivity index is 2.62. The van der Waals surface area contributed by atoms with Crippen molar-refractivity contribution in [2.45, 2.75) is 20.3 Å². The minimum Gasteiger partial charge on any atom is -0.393 e. The summed E-state index contributed by atoms with van der Waals surface area (Å²) in [5.41, 5.74) is 7.08. The Kier molecular flexibility index (Phi) is 3.46. The molecule has 0 fully saturated rings. The third-order valence-electron chi connectivity index (χ3n) is 3.08. The van der Waals surface area contributed by atoms with Crippen molar-refractivity contribution >= 4 is 5.69 Å². The normalized spacial score (nSPS) is 11.2. The molecule has 1 heterocycles. The second-order valence-electron chi connectivity index (χ2n) is 5.08. The van der Waals surface area contributed by atoms with Crippen LogP contribution in [-0.4, -0.2) is 9.36 Å². The molecule has 0 radical (unpaired) electrons. The van der Waals surface area contributed by atoms with Crippen LogP contribution in [0.5, 0.6) is 0 Å². The number of hydrogen-bond donors (Lipinski definition) is 1. The van der Waals surface area contributed by atoms with E-state index in [1.54, 1.807) is 23.9 Å². The maximum atomic E-state index is 13.3. The Morgan fingerprint density at radius 1 is 1.37 bits per heavy atom. The van der Waals surface area contributed by atoms with Crippen molar-refractivity contribution in [2.75, 3.05) is 5.73 Å². The number of halogens is 1. The van der Waals surface area contributed by atoms with E-state index in [2.05, 4.69) is 13.8 Å². The predicted molar refractivity (Wildman–Crippen MR) is 73.9 cm³/mol. The summed E-state index contributed by atoms with van der Waals surface area (Å²) in [6.45, 7) is 4.12. The fourth-order valence-electron chi connectivity index (χ4n) is 2.20. The first-order valence-corrected chi connectivity index (χ1v) is 6.24. The van der Waals surface area contributed by atoms with Crippen LogP contribution in [-0.2, 0) is 13.5 Å². The van der Waals surface area contributed by atoms with Gasteiger partial charge < -0.3 is 5.73 Å². The molecule has 4 nitrogen and oxygen atoms in total. The van der Waals surface area contributed by atoms with E-state index in [0.717, 1.165) is 5.69 Å². The first-order valence-electron chi connectivity index (χ1n) is 6.24. The molecule has 1 aromatic heterocycles. The van der Waals surface area contributed by atoms with E-state index < -0.39 is 0 Å². The molecule has 0 unspecified atom stereocenters. The average molecular weight is 263 g/mol. The highest BCUT2D eigenvalue weighted by atomic mass is 19.1. The Bertz CT molecular complexity index is 655. The van der Waals surface area contributed by atoms with Crippen molar-refractivity contribution in [1.29, 1.82) is 0 Å². The molecule has 1 aromatic carbocycles. The first-order chi connectivity index (χ1) is 8.91. The van der Waals surface area contributed by atoms with Gasteiger partial charge in [-0.25, -0.2) is 9.07 Å². The van der Waals surface area contributed by atoms with E-state index in [-0.39, 0.29) is 17.1 Å². The monoisotopic (exact) mass is 263 g/mol. The lowest BCUT2D eigenvalue weighted by molar-refractivity contribution is 0.560. The quantitative estimate of drug-likeness (QED) is 0.922. The maximum absolute atomic E-state index is 13.3. The standard InChI is InChI=1S/C14H18FN3O/c1-9(2)7-12-13(16)14(19)18(17(12)3)11-6-4-5-10(15)8-11/h4-6,8-9H,7,16H2,1-3H3. The summed E-state index contributed by atoms with van der Waals surface area (Å²) in [4.78, 5) is 12.2. The number of nitrogen functional groups attached to an aromatic ring is 1. The van der Waals surface area contributed by atoms with Crippen LogP contribution in [0.4, 0.5) is 10.1 Å². The summed E-state index contributed by atoms with van der Waals surface area (Å²) >= 11 is 0. The van der Waals surface area contributed by atoms with Gasteiger partial charge in [-0.1, -0.05) is 19.9 Å². The van der Waals surface area contributed by atoms with Gasteiger partial charge in [0, 0.05) is 7.05 Å². The summed E-state index contributed by atoms with van der Waals surface area (Å²) in [5, 5.41) is 0. The van der Waals surface area contributed by atoms with Crippen molar-refractivity contribution in [3.8, 4) is 5.69 Å². The molecule has 0 saturated carbocycles. The molecule has 0 amide bonds. The van der Waals surface area contributed by atoms with Gasteiger partial charge in [0.15, 0.2) is 0 Å². The maximum Gasteiger partial charge on any atom is 0.294 e. The number of rotatable bonds is 3. The summed E-state index contributed by atoms with van der Waals surface area (Å²) in [6.07, 6.45) is 0.708. The van der Waals surface area contributed by atoms with Gasteiger partial charge in [-0.05, 0) is 30.5 Å². The van der Waals surface area contributed by atoms with Crippen LogP contribution in [0.25, 0.3) is 5.69 Å². The van der Waals surface area contributed by atoms with Crippen molar-refractivity contribution in [1.82, 2.24) is 9.36 Å². The van der Waals surface area contributed by atoms with Gasteiger partial charge in [0.05, 0.1) is 11.4 Å². The number of benzene rings is 1. The van der Waals surface area contributed by atoms with Gasteiger partial charge in [-0.3, -0.25) is 9.48 Å². The summed E-state index contributed by atoms with van der Waals surface area (Å²) in [5.74, 6) is 0.00541. The smallest absolute Gasteiger partial charge is 0.294 e. The van der Waals surface area contributed by atoms with Gasteiger partial charge in [0.1, 0.15) is 11.5 Å². The molecule has 102 valence electrons. The van der Waals surface area contributed by atoms with Gasteiger partial charge in [0.2, 0.25) is 0 Å². The lowest BCUT2D eigenvalue weighted by atomic mass is 10.1. The van der Waals surface area contributed by atoms with Gasteiger partial charge >= 0.3 is 0 Å². The van der Waals surface area contributed by atoms with Crippen molar-refractivity contribution in [2.24, 2.45) is 13.0 Å². The van der Waals surface area contributed by atoms with Crippen molar-refractivity contribution in [3.05, 3.63) is 46.1 Å². The molecule has 0 aliphatic rings. The molecule has 0 spiro atoms. The molecule has 0 bridgehead atoms. The SMILES string of the molecule is CC(C)Cc1c(N)c(=O)n(-c2cccc(F)c2)n1C. The highest BCUT2D eigenvalue weighted by Gasteiger charge is 2.17. The van der Waals surface area contributed by atoms with Crippen LogP contribution in [0.15, 0.2) is 29.1 Å². The lowest BCUT2D eigenvalue weighted by Gasteiger charge is -2.11. The summed E-state index contributed by atoms with van der Waals surface area (Å²) < 4.78 is 16.4. The first kappa shape index (κ1) is 13.4. The molecule has 0 saturated heterocycles. The van der Waals surface area contributed by atoms with Gasteiger partial charge in [0.25, 0.3) is 5.56 Å². The fourth-order valence-corrected chi connectivity index (χ4v) is 2.20. The number of hydrogen-bond acceptors (Lipinski definition) is 2. The van der Waals surface area contributed by atoms with Crippen LogP contribution in [0.1, 0.15) is 19.5 Å². The number of nitrogens with zero attached hydrogens (tertiary/aromatic N) is 2. The van der Waals surface area contributed by atoms with E-state index in [4.69, 9.17) is 5.73 Å². The minimum absolute atomic E-state index is 0.237. The Morgan fingerprint density at radius 2 is 2.05 bits per heavy atom. The highest BCUT2D eigenvalue weighted by molar-refractivity contribution is 5.45. The molecular weight excluding hydrogens is 245 g/mol. The molecular formula is C14H18FN3O. The largest absolute Gasteiger partial charge is 0.393 e. The topological polar surface area (TPSA) is 53.0 Å². The highest BCUT2D eigenvalue weighted by Crippen LogP contribution is 2.16. The van der Waals surface area contributed by atoms with Gasteiger partial charge in [-0.15, -0.1) is 0 Å². The summed E-state index contributed by atoms with van der Waals surface area (Å²) in [6, 6.07) is 5.92. The van der Waals surface area contributed by atoms with E-state index in [9.17, 15) is 9.18 Å². The zero-order valence-electron chi connectivity index (χ0n) is 11.4. The minimum atomic E-state index is -0.380. The molecule has 2 N–H and O–H groups in total. The molecule has 2 rings (SSSR count). The zero-order valence-corrected chi connectivity index (χ0v) is 11.4. The third kappa shape index (κ3) is 2.41. The Labute approximate surface area is 111 Å². The second kappa shape index (κ2) is 4.91. The van der Waals surface area contributed by atoms with E-state index >= 15 is 0 Å². The molecule has 19 heavy (non-hydrogen) atoms. The zero-order chi connectivity index (χ0) is 14.2. The van der Waals surface area contributed by atoms with Gasteiger partial charge in [-0.2, -0.15) is 0 Å². The van der Waals surface area contributed by atoms with Crippen molar-refractivity contribution in [3.63, 3.8) is 0 Å². The lowest BCUT2D eigenvalue weighted by Crippen LogP contribution is -2.20. The van der Waals surface area contributed by atoms with Crippen LogP contribution < -0.4 is 11.3 Å². The Morgan fingerprint density at radius 3 is 2.63 bits per heavy atom. The molecule has 0 atom stereocenters. The number of anilines is 1. The fraction of sp³-hybridized carbons (Fsp3) is 0.357. The molecule has 5 heteroatoms. The van der Waals surface area contributed by atoms with Crippen LogP contribution in [0.2, 0.25) is 0 Å².